The molecule has 0 aliphatic carbocycles. The minimum Gasteiger partial charge on any atom is -0.457 e. The highest BCUT2D eigenvalue weighted by Crippen LogP contribution is 2.32. The van der Waals surface area contributed by atoms with Crippen molar-refractivity contribution in [1.29, 1.82) is 0 Å². The molecule has 0 unspecified atom stereocenters. The normalized spacial score (nSPS) is 10.9. The average molecular weight is 633 g/mol. The summed E-state index contributed by atoms with van der Waals surface area (Å²) in [7, 11) is 0. The molecule has 8 rings (SSSR count). The molecule has 0 aliphatic rings. The second kappa shape index (κ2) is 13.5. The quantitative estimate of drug-likeness (QED) is 0.165. The molecule has 0 spiro atoms. The van der Waals surface area contributed by atoms with Crippen LogP contribution in [0, 0.1) is 0 Å². The third kappa shape index (κ3) is 6.68. The standard InChI is InChI=1S/C42H28N6O/c1-3-11-30(12-4-1)40-46-41(31-13-5-2-6-14-31)48-42(47-40)32-19-23-35(24-20-32)49-34-21-17-29(18-22-34)38-27-33(36-15-7-9-25-43-36)28-39(45-38)37-16-8-10-26-44-37/h1-28H. The van der Waals surface area contributed by atoms with Crippen molar-refractivity contribution in [1.82, 2.24) is 29.9 Å². The molecule has 0 bridgehead atoms. The van der Waals surface area contributed by atoms with E-state index in [2.05, 4.69) is 16.0 Å². The number of hydrogen-bond donors (Lipinski definition) is 0. The Morgan fingerprint density at radius 2 is 0.755 bits per heavy atom. The Hall–Kier alpha value is -6.86. The van der Waals surface area contributed by atoms with Crippen molar-refractivity contribution in [3.8, 4) is 79.6 Å². The lowest BCUT2D eigenvalue weighted by Crippen LogP contribution is -2.00. The summed E-state index contributed by atoms with van der Waals surface area (Å²) in [5.41, 5.74) is 7.92. The second-order valence-electron chi connectivity index (χ2n) is 11.2. The molecule has 0 fully saturated rings. The summed E-state index contributed by atoms with van der Waals surface area (Å²) < 4.78 is 6.24. The first-order valence-electron chi connectivity index (χ1n) is 15.9. The highest BCUT2D eigenvalue weighted by molar-refractivity contribution is 5.74. The van der Waals surface area contributed by atoms with Gasteiger partial charge in [-0.15, -0.1) is 0 Å². The van der Waals surface area contributed by atoms with Gasteiger partial charge in [-0.25, -0.2) is 19.9 Å². The van der Waals surface area contributed by atoms with Crippen LogP contribution in [0.15, 0.2) is 170 Å². The predicted molar refractivity (Wildman–Crippen MR) is 192 cm³/mol. The van der Waals surface area contributed by atoms with Crippen molar-refractivity contribution in [2.45, 2.75) is 0 Å². The van der Waals surface area contributed by atoms with Gasteiger partial charge < -0.3 is 4.74 Å². The van der Waals surface area contributed by atoms with Gasteiger partial charge in [-0.1, -0.05) is 72.8 Å². The highest BCUT2D eigenvalue weighted by Gasteiger charge is 2.13. The molecule has 0 atom stereocenters. The van der Waals surface area contributed by atoms with Gasteiger partial charge in [-0.05, 0) is 84.9 Å². The van der Waals surface area contributed by atoms with E-state index in [1.165, 1.54) is 0 Å². The fourth-order valence-corrected chi connectivity index (χ4v) is 5.44. The molecule has 7 nitrogen and oxygen atoms in total. The number of ether oxygens (including phenoxy) is 1. The van der Waals surface area contributed by atoms with Crippen LogP contribution in [0.1, 0.15) is 0 Å². The maximum Gasteiger partial charge on any atom is 0.164 e. The Bertz CT molecular complexity index is 2030. The molecule has 49 heavy (non-hydrogen) atoms. The van der Waals surface area contributed by atoms with Crippen LogP contribution in [0.4, 0.5) is 0 Å². The van der Waals surface area contributed by atoms with Crippen molar-refractivity contribution in [3.63, 3.8) is 0 Å². The Morgan fingerprint density at radius 3 is 1.27 bits per heavy atom. The van der Waals surface area contributed by atoms with Crippen molar-refractivity contribution in [3.05, 3.63) is 170 Å². The van der Waals surface area contributed by atoms with Gasteiger partial charge in [0.1, 0.15) is 11.5 Å². The number of aromatic nitrogens is 6. The maximum atomic E-state index is 6.24. The molecule has 0 saturated heterocycles. The number of rotatable bonds is 8. The van der Waals surface area contributed by atoms with Crippen molar-refractivity contribution in [2.24, 2.45) is 0 Å². The summed E-state index contributed by atoms with van der Waals surface area (Å²) in [6.45, 7) is 0. The van der Waals surface area contributed by atoms with Gasteiger partial charge in [0.2, 0.25) is 0 Å². The predicted octanol–water partition coefficient (Wildman–Crippen LogP) is 9.85. The summed E-state index contributed by atoms with van der Waals surface area (Å²) in [5, 5.41) is 0. The Morgan fingerprint density at radius 1 is 0.306 bits per heavy atom. The largest absolute Gasteiger partial charge is 0.457 e. The number of pyridine rings is 3. The summed E-state index contributed by atoms with van der Waals surface area (Å²) in [5.74, 6) is 3.24. The highest BCUT2D eigenvalue weighted by atomic mass is 16.5. The molecule has 4 heterocycles. The summed E-state index contributed by atoms with van der Waals surface area (Å²) >= 11 is 0. The fraction of sp³-hybridized carbons (Fsp3) is 0. The van der Waals surface area contributed by atoms with Gasteiger partial charge in [0.05, 0.1) is 22.8 Å². The monoisotopic (exact) mass is 632 g/mol. The first-order chi connectivity index (χ1) is 24.2. The first kappa shape index (κ1) is 29.5. The van der Waals surface area contributed by atoms with Gasteiger partial charge in [-0.3, -0.25) is 9.97 Å². The zero-order valence-corrected chi connectivity index (χ0v) is 26.3. The van der Waals surface area contributed by atoms with E-state index in [-0.39, 0.29) is 0 Å². The number of nitrogens with zero attached hydrogens (tertiary/aromatic N) is 6. The SMILES string of the molecule is c1ccc(-c2nc(-c3ccccc3)nc(-c3ccc(Oc4ccc(-c5cc(-c6ccccn6)cc(-c6ccccn6)n5)cc4)cc3)n2)cc1. The Kier molecular flexibility index (Phi) is 8.12. The lowest BCUT2D eigenvalue weighted by atomic mass is 10.0. The van der Waals surface area contributed by atoms with Crippen molar-refractivity contribution in [2.75, 3.05) is 0 Å². The van der Waals surface area contributed by atoms with Crippen LogP contribution in [-0.4, -0.2) is 29.9 Å². The van der Waals surface area contributed by atoms with Crippen LogP contribution in [0.3, 0.4) is 0 Å². The molecule has 0 aliphatic heterocycles. The molecular formula is C42H28N6O. The van der Waals surface area contributed by atoms with Crippen molar-refractivity contribution >= 4 is 0 Å². The van der Waals surface area contributed by atoms with Gasteiger partial charge in [-0.2, -0.15) is 0 Å². The number of hydrogen-bond acceptors (Lipinski definition) is 7. The third-order valence-electron chi connectivity index (χ3n) is 7.91. The van der Waals surface area contributed by atoms with Crippen LogP contribution in [0.5, 0.6) is 11.5 Å². The zero-order chi connectivity index (χ0) is 32.8. The minimum atomic E-state index is 0.592. The van der Waals surface area contributed by atoms with E-state index in [9.17, 15) is 0 Å². The van der Waals surface area contributed by atoms with E-state index >= 15 is 0 Å². The van der Waals surface area contributed by atoms with Crippen LogP contribution >= 0.6 is 0 Å². The van der Waals surface area contributed by atoms with Crippen LogP contribution < -0.4 is 4.74 Å². The first-order valence-corrected chi connectivity index (χ1v) is 15.9. The van der Waals surface area contributed by atoms with E-state index in [4.69, 9.17) is 24.7 Å². The fourth-order valence-electron chi connectivity index (χ4n) is 5.44. The number of benzene rings is 4. The molecule has 0 radical (unpaired) electrons. The molecule has 0 saturated carbocycles. The molecule has 4 aromatic heterocycles. The van der Waals surface area contributed by atoms with Gasteiger partial charge in [0.15, 0.2) is 17.5 Å². The van der Waals surface area contributed by atoms with E-state index in [1.807, 2.05) is 152 Å². The van der Waals surface area contributed by atoms with Crippen LogP contribution in [0.2, 0.25) is 0 Å². The Balaban J connectivity index is 1.06. The zero-order valence-electron chi connectivity index (χ0n) is 26.3. The molecule has 0 N–H and O–H groups in total. The molecule has 0 amide bonds. The van der Waals surface area contributed by atoms with Crippen LogP contribution in [0.25, 0.3) is 68.1 Å². The smallest absolute Gasteiger partial charge is 0.164 e. The van der Waals surface area contributed by atoms with E-state index in [0.29, 0.717) is 29.0 Å². The minimum absolute atomic E-state index is 0.592. The Labute approximate surface area is 283 Å². The third-order valence-corrected chi connectivity index (χ3v) is 7.91. The summed E-state index contributed by atoms with van der Waals surface area (Å²) in [6.07, 6.45) is 3.57. The van der Waals surface area contributed by atoms with E-state index in [0.717, 1.165) is 50.6 Å². The molecule has 232 valence electrons. The maximum absolute atomic E-state index is 6.24. The summed E-state index contributed by atoms with van der Waals surface area (Å²) in [6, 6.07) is 51.4. The van der Waals surface area contributed by atoms with Crippen molar-refractivity contribution < 1.29 is 4.74 Å². The molecule has 8 aromatic rings. The molecule has 7 heteroatoms. The second-order valence-corrected chi connectivity index (χ2v) is 11.2. The average Bonchev–Trinajstić information content (AvgIpc) is 3.19. The van der Waals surface area contributed by atoms with Crippen LogP contribution in [-0.2, 0) is 0 Å². The molecular weight excluding hydrogens is 605 g/mol. The molecule has 4 aromatic carbocycles. The van der Waals surface area contributed by atoms with E-state index < -0.39 is 0 Å². The summed E-state index contributed by atoms with van der Waals surface area (Å²) in [4.78, 5) is 28.5. The lowest BCUT2D eigenvalue weighted by Gasteiger charge is -2.11. The lowest BCUT2D eigenvalue weighted by molar-refractivity contribution is 0.483. The topological polar surface area (TPSA) is 86.6 Å². The van der Waals surface area contributed by atoms with E-state index in [1.54, 1.807) is 12.4 Å². The van der Waals surface area contributed by atoms with Gasteiger partial charge in [0, 0.05) is 40.2 Å². The van der Waals surface area contributed by atoms with Gasteiger partial charge >= 0.3 is 0 Å². The van der Waals surface area contributed by atoms with Gasteiger partial charge in [0.25, 0.3) is 0 Å².